The maximum atomic E-state index is 11.3. The number of carbonyl (C=O) groups excluding carboxylic acids is 1. The fraction of sp³-hybridized carbons (Fsp3) is 0.643. The van der Waals surface area contributed by atoms with Crippen LogP contribution in [0.4, 0.5) is 0 Å². The largest absolute Gasteiger partial charge is 0.374 e. The maximum Gasteiger partial charge on any atom is 0.222 e. The lowest BCUT2D eigenvalue weighted by molar-refractivity contribution is -0.121. The number of amides is 1. The predicted octanol–water partition coefficient (Wildman–Crippen LogP) is 1.81. The van der Waals surface area contributed by atoms with Crippen LogP contribution in [0, 0.1) is 11.8 Å². The average Bonchev–Trinajstić information content (AvgIpc) is 2.67. The number of rotatable bonds is 1. The third kappa shape index (κ3) is 1.88. The molecule has 3 nitrogen and oxygen atoms in total. The van der Waals surface area contributed by atoms with E-state index >= 15 is 0 Å². The van der Waals surface area contributed by atoms with Crippen LogP contribution in [0.15, 0.2) is 23.4 Å². The average molecular weight is 232 g/mol. The molecule has 2 aliphatic heterocycles. The molecule has 0 spiro atoms. The second kappa shape index (κ2) is 4.21. The second-order valence-electron chi connectivity index (χ2n) is 5.47. The number of hydrogen-bond donors (Lipinski definition) is 1. The van der Waals surface area contributed by atoms with E-state index in [1.165, 1.54) is 37.0 Å². The molecule has 3 aliphatic rings. The lowest BCUT2D eigenvalue weighted by atomic mass is 9.84. The van der Waals surface area contributed by atoms with Crippen molar-refractivity contribution in [3.8, 4) is 0 Å². The third-order valence-corrected chi connectivity index (χ3v) is 4.40. The summed E-state index contributed by atoms with van der Waals surface area (Å²) in [5, 5.41) is 0. The van der Waals surface area contributed by atoms with Gasteiger partial charge in [-0.2, -0.15) is 0 Å². The normalized spacial score (nSPS) is 32.1. The van der Waals surface area contributed by atoms with E-state index in [1.54, 1.807) is 0 Å². The summed E-state index contributed by atoms with van der Waals surface area (Å²) in [6.45, 7) is 1.95. The zero-order valence-corrected chi connectivity index (χ0v) is 10.2. The van der Waals surface area contributed by atoms with Crippen LogP contribution >= 0.6 is 0 Å². The van der Waals surface area contributed by atoms with Crippen molar-refractivity contribution >= 4 is 5.91 Å². The van der Waals surface area contributed by atoms with Crippen molar-refractivity contribution in [2.75, 3.05) is 13.1 Å². The number of carbonyl (C=O) groups is 1. The van der Waals surface area contributed by atoms with E-state index in [0.717, 1.165) is 25.4 Å². The summed E-state index contributed by atoms with van der Waals surface area (Å²) >= 11 is 0. The smallest absolute Gasteiger partial charge is 0.222 e. The molecule has 0 aromatic rings. The van der Waals surface area contributed by atoms with E-state index in [2.05, 4.69) is 17.1 Å². The molecule has 17 heavy (non-hydrogen) atoms. The van der Waals surface area contributed by atoms with Crippen LogP contribution in [0.2, 0.25) is 0 Å². The number of primary amides is 1. The Morgan fingerprint density at radius 3 is 3.12 bits per heavy atom. The molecule has 92 valence electrons. The summed E-state index contributed by atoms with van der Waals surface area (Å²) in [6, 6.07) is 0. The van der Waals surface area contributed by atoms with E-state index in [1.807, 2.05) is 0 Å². The minimum absolute atomic E-state index is 0.0339. The van der Waals surface area contributed by atoms with Gasteiger partial charge in [-0.3, -0.25) is 4.79 Å². The zero-order valence-electron chi connectivity index (χ0n) is 10.2. The van der Waals surface area contributed by atoms with Crippen LogP contribution in [0.25, 0.3) is 0 Å². The third-order valence-electron chi connectivity index (χ3n) is 4.40. The van der Waals surface area contributed by atoms with Gasteiger partial charge in [0.25, 0.3) is 0 Å². The highest BCUT2D eigenvalue weighted by Gasteiger charge is 2.35. The second-order valence-corrected chi connectivity index (χ2v) is 5.47. The summed E-state index contributed by atoms with van der Waals surface area (Å²) in [7, 11) is 0. The molecule has 1 saturated heterocycles. The lowest BCUT2D eigenvalue weighted by Gasteiger charge is -2.23. The van der Waals surface area contributed by atoms with E-state index in [-0.39, 0.29) is 11.8 Å². The molecule has 2 atom stereocenters. The number of nitrogens with two attached hydrogens (primary N) is 1. The minimum atomic E-state index is -0.137. The van der Waals surface area contributed by atoms with Crippen LogP contribution in [0.1, 0.15) is 32.1 Å². The van der Waals surface area contributed by atoms with Crippen molar-refractivity contribution in [2.45, 2.75) is 32.1 Å². The van der Waals surface area contributed by atoms with Gasteiger partial charge in [-0.15, -0.1) is 0 Å². The van der Waals surface area contributed by atoms with Crippen molar-refractivity contribution < 1.29 is 4.79 Å². The Labute approximate surface area is 102 Å². The summed E-state index contributed by atoms with van der Waals surface area (Å²) < 4.78 is 0. The van der Waals surface area contributed by atoms with E-state index in [9.17, 15) is 4.79 Å². The van der Waals surface area contributed by atoms with Crippen LogP contribution in [-0.2, 0) is 4.79 Å². The monoisotopic (exact) mass is 232 g/mol. The molecule has 1 fully saturated rings. The van der Waals surface area contributed by atoms with Crippen LogP contribution < -0.4 is 5.73 Å². The first kappa shape index (κ1) is 10.9. The molecule has 1 aliphatic carbocycles. The number of fused-ring (bicyclic) bond motifs is 2. The van der Waals surface area contributed by atoms with Crippen molar-refractivity contribution in [3.05, 3.63) is 23.4 Å². The van der Waals surface area contributed by atoms with E-state index in [4.69, 9.17) is 5.73 Å². The Balaban J connectivity index is 1.95. The van der Waals surface area contributed by atoms with Gasteiger partial charge < -0.3 is 10.6 Å². The molecule has 3 rings (SSSR count). The van der Waals surface area contributed by atoms with E-state index < -0.39 is 0 Å². The van der Waals surface area contributed by atoms with E-state index in [0.29, 0.717) is 0 Å². The summed E-state index contributed by atoms with van der Waals surface area (Å²) in [4.78, 5) is 13.7. The zero-order chi connectivity index (χ0) is 11.8. The topological polar surface area (TPSA) is 46.3 Å². The first-order valence-corrected chi connectivity index (χ1v) is 6.69. The first-order chi connectivity index (χ1) is 8.25. The highest BCUT2D eigenvalue weighted by atomic mass is 16.1. The summed E-state index contributed by atoms with van der Waals surface area (Å²) in [5.41, 5.74) is 8.36. The molecular weight excluding hydrogens is 212 g/mol. The van der Waals surface area contributed by atoms with Crippen molar-refractivity contribution in [2.24, 2.45) is 17.6 Å². The highest BCUT2D eigenvalue weighted by molar-refractivity contribution is 5.78. The van der Waals surface area contributed by atoms with Gasteiger partial charge in [0, 0.05) is 25.2 Å². The van der Waals surface area contributed by atoms with Gasteiger partial charge in [0.15, 0.2) is 0 Å². The molecule has 2 unspecified atom stereocenters. The number of hydrogen-bond acceptors (Lipinski definition) is 2. The molecule has 3 heteroatoms. The Hall–Kier alpha value is -1.25. The number of nitrogens with zero attached hydrogens (tertiary/aromatic N) is 1. The van der Waals surface area contributed by atoms with Crippen molar-refractivity contribution in [3.63, 3.8) is 0 Å². The minimum Gasteiger partial charge on any atom is -0.374 e. The van der Waals surface area contributed by atoms with Gasteiger partial charge >= 0.3 is 0 Å². The Morgan fingerprint density at radius 1 is 1.41 bits per heavy atom. The molecule has 0 aromatic carbocycles. The van der Waals surface area contributed by atoms with Crippen LogP contribution in [0.5, 0.6) is 0 Å². The molecule has 2 heterocycles. The van der Waals surface area contributed by atoms with Gasteiger partial charge in [0.05, 0.1) is 5.92 Å². The van der Waals surface area contributed by atoms with Gasteiger partial charge in [0.1, 0.15) is 0 Å². The molecule has 0 saturated carbocycles. The molecule has 1 amide bonds. The lowest BCUT2D eigenvalue weighted by Crippen LogP contribution is -2.27. The fourth-order valence-corrected chi connectivity index (χ4v) is 3.48. The predicted molar refractivity (Wildman–Crippen MR) is 67.0 cm³/mol. The molecule has 0 aromatic heterocycles. The molecule has 2 N–H and O–H groups in total. The number of allylic oxidation sites excluding steroid dienone is 4. The summed E-state index contributed by atoms with van der Waals surface area (Å²) in [6.07, 6.45) is 10.5. The van der Waals surface area contributed by atoms with Crippen molar-refractivity contribution in [1.82, 2.24) is 4.90 Å². The molecule has 0 radical (unpaired) electrons. The van der Waals surface area contributed by atoms with Crippen molar-refractivity contribution in [1.29, 1.82) is 0 Å². The summed E-state index contributed by atoms with van der Waals surface area (Å²) in [5.74, 6) is 0.626. The van der Waals surface area contributed by atoms with Gasteiger partial charge in [-0.25, -0.2) is 0 Å². The van der Waals surface area contributed by atoms with Gasteiger partial charge in [-0.1, -0.05) is 12.2 Å². The van der Waals surface area contributed by atoms with Crippen LogP contribution in [0.3, 0.4) is 0 Å². The van der Waals surface area contributed by atoms with Crippen LogP contribution in [-0.4, -0.2) is 23.9 Å². The Kier molecular flexibility index (Phi) is 2.69. The SMILES string of the molecule is NC(=O)C1CC2=C3C=CCCC3CCCN2C1. The fourth-order valence-electron chi connectivity index (χ4n) is 3.48. The first-order valence-electron chi connectivity index (χ1n) is 6.69. The maximum absolute atomic E-state index is 11.3. The molecule has 0 bridgehead atoms. The standard InChI is InChI=1S/C14H20N2O/c15-14(17)11-8-13-12-6-2-1-4-10(12)5-3-7-16(13)9-11/h2,6,10-11H,1,3-5,7-9H2,(H2,15,17). The highest BCUT2D eigenvalue weighted by Crippen LogP contribution is 2.39. The molecular formula is C14H20N2O. The van der Waals surface area contributed by atoms with Gasteiger partial charge in [0.2, 0.25) is 5.91 Å². The quantitative estimate of drug-likeness (QED) is 0.749. The van der Waals surface area contributed by atoms with Gasteiger partial charge in [-0.05, 0) is 37.2 Å². The Bertz CT molecular complexity index is 397. The Morgan fingerprint density at radius 2 is 2.29 bits per heavy atom.